The predicted octanol–water partition coefficient (Wildman–Crippen LogP) is 4.56. The van der Waals surface area contributed by atoms with Crippen LogP contribution in [0.1, 0.15) is 17.3 Å². The summed E-state index contributed by atoms with van der Waals surface area (Å²) in [5.74, 6) is -0.351. The lowest BCUT2D eigenvalue weighted by Gasteiger charge is -2.10. The molecule has 0 bridgehead atoms. The third kappa shape index (κ3) is 2.24. The summed E-state index contributed by atoms with van der Waals surface area (Å²) in [6.07, 6.45) is 1.60. The molecule has 1 N–H and O–H groups in total. The first kappa shape index (κ1) is 14.5. The molecule has 2 heterocycles. The Morgan fingerprint density at radius 1 is 1.08 bits per heavy atom. The van der Waals surface area contributed by atoms with Crippen LogP contribution >= 0.6 is 0 Å². The molecule has 0 saturated carbocycles. The van der Waals surface area contributed by atoms with E-state index in [0.717, 1.165) is 33.1 Å². The van der Waals surface area contributed by atoms with Gasteiger partial charge in [0.25, 0.3) is 0 Å². The number of pyridine rings is 1. The van der Waals surface area contributed by atoms with Gasteiger partial charge in [-0.1, -0.05) is 48.5 Å². The standard InChI is InChI=1S/C20H16N2O2/c1-2-24-20(23)15-12-21-19-18(14-10-6-7-11-16(14)22-19)17(15)13-8-4-3-5-9-13/h3-12H,2H2,1H3,(H,21,22). The fourth-order valence-electron chi connectivity index (χ4n) is 3.07. The normalized spacial score (nSPS) is 11.0. The number of esters is 1. The van der Waals surface area contributed by atoms with Crippen LogP contribution < -0.4 is 0 Å². The molecule has 0 aliphatic heterocycles. The summed E-state index contributed by atoms with van der Waals surface area (Å²) in [5, 5.41) is 1.99. The van der Waals surface area contributed by atoms with Crippen LogP contribution in [0, 0.1) is 0 Å². The molecule has 0 spiro atoms. The van der Waals surface area contributed by atoms with Gasteiger partial charge in [-0.3, -0.25) is 0 Å². The van der Waals surface area contributed by atoms with Crippen LogP contribution in [0.3, 0.4) is 0 Å². The van der Waals surface area contributed by atoms with Crippen LogP contribution in [0.5, 0.6) is 0 Å². The Balaban J connectivity index is 2.13. The highest BCUT2D eigenvalue weighted by Gasteiger charge is 2.20. The second kappa shape index (κ2) is 5.81. The number of para-hydroxylation sites is 1. The summed E-state index contributed by atoms with van der Waals surface area (Å²) in [5.41, 5.74) is 4.08. The highest BCUT2D eigenvalue weighted by atomic mass is 16.5. The van der Waals surface area contributed by atoms with Crippen LogP contribution in [-0.2, 0) is 4.74 Å². The van der Waals surface area contributed by atoms with E-state index in [4.69, 9.17) is 4.74 Å². The number of ether oxygens (including phenoxy) is 1. The highest BCUT2D eigenvalue weighted by Crippen LogP contribution is 2.36. The Morgan fingerprint density at radius 2 is 1.83 bits per heavy atom. The smallest absolute Gasteiger partial charge is 0.340 e. The van der Waals surface area contributed by atoms with E-state index >= 15 is 0 Å². The molecule has 24 heavy (non-hydrogen) atoms. The van der Waals surface area contributed by atoms with Gasteiger partial charge in [-0.25, -0.2) is 9.78 Å². The van der Waals surface area contributed by atoms with Crippen molar-refractivity contribution in [2.45, 2.75) is 6.92 Å². The first-order valence-corrected chi connectivity index (χ1v) is 7.91. The molecule has 4 heteroatoms. The zero-order valence-corrected chi connectivity index (χ0v) is 13.2. The first-order valence-electron chi connectivity index (χ1n) is 7.91. The van der Waals surface area contributed by atoms with Gasteiger partial charge in [-0.15, -0.1) is 0 Å². The zero-order chi connectivity index (χ0) is 16.5. The van der Waals surface area contributed by atoms with Crippen LogP contribution in [-0.4, -0.2) is 22.5 Å². The highest BCUT2D eigenvalue weighted by molar-refractivity contribution is 6.17. The van der Waals surface area contributed by atoms with Crippen molar-refractivity contribution in [2.24, 2.45) is 0 Å². The monoisotopic (exact) mass is 316 g/mol. The minimum atomic E-state index is -0.351. The van der Waals surface area contributed by atoms with Gasteiger partial charge in [0.1, 0.15) is 5.65 Å². The maximum Gasteiger partial charge on any atom is 0.340 e. The maximum atomic E-state index is 12.5. The van der Waals surface area contributed by atoms with Gasteiger partial charge in [0.2, 0.25) is 0 Å². The van der Waals surface area contributed by atoms with E-state index in [9.17, 15) is 4.79 Å². The maximum absolute atomic E-state index is 12.5. The minimum Gasteiger partial charge on any atom is -0.462 e. The zero-order valence-electron chi connectivity index (χ0n) is 13.2. The molecule has 2 aromatic heterocycles. The van der Waals surface area contributed by atoms with E-state index in [1.165, 1.54) is 0 Å². The fourth-order valence-corrected chi connectivity index (χ4v) is 3.07. The number of nitrogens with zero attached hydrogens (tertiary/aromatic N) is 1. The van der Waals surface area contributed by atoms with Crippen molar-refractivity contribution in [2.75, 3.05) is 6.61 Å². The topological polar surface area (TPSA) is 55.0 Å². The number of aromatic amines is 1. The van der Waals surface area contributed by atoms with Crippen molar-refractivity contribution in [3.8, 4) is 11.1 Å². The predicted molar refractivity (Wildman–Crippen MR) is 95.0 cm³/mol. The van der Waals surface area contributed by atoms with E-state index in [0.29, 0.717) is 12.2 Å². The molecule has 0 fully saturated rings. The van der Waals surface area contributed by atoms with Gasteiger partial charge < -0.3 is 9.72 Å². The van der Waals surface area contributed by atoms with Crippen molar-refractivity contribution < 1.29 is 9.53 Å². The average Bonchev–Trinajstić information content (AvgIpc) is 3.00. The second-order valence-electron chi connectivity index (χ2n) is 5.53. The number of carbonyl (C=O) groups is 1. The number of nitrogens with one attached hydrogen (secondary N) is 1. The summed E-state index contributed by atoms with van der Waals surface area (Å²) < 4.78 is 5.24. The Hall–Kier alpha value is -3.14. The van der Waals surface area contributed by atoms with E-state index in [1.54, 1.807) is 13.1 Å². The molecular weight excluding hydrogens is 300 g/mol. The largest absolute Gasteiger partial charge is 0.462 e. The summed E-state index contributed by atoms with van der Waals surface area (Å²) >= 11 is 0. The Morgan fingerprint density at radius 3 is 2.62 bits per heavy atom. The lowest BCUT2D eigenvalue weighted by atomic mass is 9.96. The number of hydrogen-bond acceptors (Lipinski definition) is 3. The second-order valence-corrected chi connectivity index (χ2v) is 5.53. The molecule has 0 radical (unpaired) electrons. The summed E-state index contributed by atoms with van der Waals surface area (Å²) in [7, 11) is 0. The molecule has 0 aliphatic rings. The van der Waals surface area contributed by atoms with Crippen molar-refractivity contribution >= 4 is 27.9 Å². The molecule has 4 aromatic rings. The number of benzene rings is 2. The van der Waals surface area contributed by atoms with Crippen LogP contribution in [0.2, 0.25) is 0 Å². The van der Waals surface area contributed by atoms with Gasteiger partial charge >= 0.3 is 5.97 Å². The van der Waals surface area contributed by atoms with Crippen molar-refractivity contribution in [1.29, 1.82) is 0 Å². The molecule has 0 amide bonds. The van der Waals surface area contributed by atoms with Gasteiger partial charge in [0.05, 0.1) is 12.2 Å². The van der Waals surface area contributed by atoms with Crippen LogP contribution in [0.4, 0.5) is 0 Å². The summed E-state index contributed by atoms with van der Waals surface area (Å²) in [6, 6.07) is 17.9. The van der Waals surface area contributed by atoms with Gasteiger partial charge in [0, 0.05) is 28.0 Å². The Bertz CT molecular complexity index is 1040. The number of fused-ring (bicyclic) bond motifs is 3. The van der Waals surface area contributed by atoms with E-state index in [-0.39, 0.29) is 5.97 Å². The van der Waals surface area contributed by atoms with E-state index < -0.39 is 0 Å². The number of H-pyrrole nitrogens is 1. The lowest BCUT2D eigenvalue weighted by molar-refractivity contribution is 0.0527. The average molecular weight is 316 g/mol. The molecule has 2 aromatic carbocycles. The first-order chi connectivity index (χ1) is 11.8. The van der Waals surface area contributed by atoms with Crippen LogP contribution in [0.15, 0.2) is 60.8 Å². The van der Waals surface area contributed by atoms with Crippen molar-refractivity contribution in [1.82, 2.24) is 9.97 Å². The van der Waals surface area contributed by atoms with Crippen LogP contribution in [0.25, 0.3) is 33.1 Å². The molecule has 0 aliphatic carbocycles. The molecular formula is C20H16N2O2. The molecule has 0 atom stereocenters. The fraction of sp³-hybridized carbons (Fsp3) is 0.100. The molecule has 0 unspecified atom stereocenters. The molecule has 0 saturated heterocycles. The molecule has 118 valence electrons. The lowest BCUT2D eigenvalue weighted by Crippen LogP contribution is -2.07. The third-order valence-electron chi connectivity index (χ3n) is 4.09. The number of aromatic nitrogens is 2. The van der Waals surface area contributed by atoms with Crippen molar-refractivity contribution in [3.05, 3.63) is 66.4 Å². The van der Waals surface area contributed by atoms with E-state index in [2.05, 4.69) is 9.97 Å². The SMILES string of the molecule is CCOC(=O)c1cnc2[nH]c3ccccc3c2c1-c1ccccc1. The van der Waals surface area contributed by atoms with Crippen molar-refractivity contribution in [3.63, 3.8) is 0 Å². The Labute approximate surface area is 139 Å². The minimum absolute atomic E-state index is 0.332. The molecule has 4 rings (SSSR count). The summed E-state index contributed by atoms with van der Waals surface area (Å²) in [4.78, 5) is 20.2. The van der Waals surface area contributed by atoms with E-state index in [1.807, 2.05) is 54.6 Å². The van der Waals surface area contributed by atoms with Gasteiger partial charge in [-0.05, 0) is 18.6 Å². The summed E-state index contributed by atoms with van der Waals surface area (Å²) in [6.45, 7) is 2.14. The quantitative estimate of drug-likeness (QED) is 0.564. The number of carbonyl (C=O) groups excluding carboxylic acids is 1. The number of rotatable bonds is 3. The Kier molecular flexibility index (Phi) is 3.50. The molecule has 4 nitrogen and oxygen atoms in total. The number of hydrogen-bond donors (Lipinski definition) is 1. The van der Waals surface area contributed by atoms with Gasteiger partial charge in [-0.2, -0.15) is 0 Å². The van der Waals surface area contributed by atoms with Gasteiger partial charge in [0.15, 0.2) is 0 Å². The third-order valence-corrected chi connectivity index (χ3v) is 4.09.